The first-order chi connectivity index (χ1) is 12.8. The Morgan fingerprint density at radius 2 is 1.63 bits per heavy atom. The highest BCUT2D eigenvalue weighted by molar-refractivity contribution is 5.96. The molecule has 0 saturated heterocycles. The number of hydrogen-bond acceptors (Lipinski definition) is 2. The number of amides is 2. The van der Waals surface area contributed by atoms with Gasteiger partial charge in [0.15, 0.2) is 0 Å². The maximum Gasteiger partial charge on any atom is 0.228 e. The summed E-state index contributed by atoms with van der Waals surface area (Å²) in [4.78, 5) is 28.4. The van der Waals surface area contributed by atoms with Crippen LogP contribution in [0.25, 0.3) is 0 Å². The third-order valence-corrected chi connectivity index (χ3v) is 4.73. The maximum absolute atomic E-state index is 12.8. The van der Waals surface area contributed by atoms with Gasteiger partial charge in [0.2, 0.25) is 11.8 Å². The van der Waals surface area contributed by atoms with E-state index in [0.717, 1.165) is 16.9 Å². The van der Waals surface area contributed by atoms with Crippen molar-refractivity contribution in [1.29, 1.82) is 0 Å². The Hall–Kier alpha value is -2.62. The third kappa shape index (κ3) is 5.43. The van der Waals surface area contributed by atoms with Gasteiger partial charge in [-0.25, -0.2) is 0 Å². The quantitative estimate of drug-likeness (QED) is 0.698. The first-order valence-electron chi connectivity index (χ1n) is 9.58. The Morgan fingerprint density at radius 1 is 0.963 bits per heavy atom. The zero-order valence-corrected chi connectivity index (χ0v) is 17.0. The largest absolute Gasteiger partial charge is 0.313 e. The minimum Gasteiger partial charge on any atom is -0.313 e. The van der Waals surface area contributed by atoms with E-state index in [4.69, 9.17) is 0 Å². The first-order valence-corrected chi connectivity index (χ1v) is 9.58. The summed E-state index contributed by atoms with van der Waals surface area (Å²) in [6.45, 7) is 10.8. The Kier molecular flexibility index (Phi) is 7.17. The van der Waals surface area contributed by atoms with Crippen molar-refractivity contribution < 1.29 is 9.59 Å². The van der Waals surface area contributed by atoms with Crippen LogP contribution in [0.1, 0.15) is 51.2 Å². The van der Waals surface area contributed by atoms with E-state index in [2.05, 4.69) is 13.8 Å². The minimum absolute atomic E-state index is 0.0214. The van der Waals surface area contributed by atoms with Gasteiger partial charge in [-0.2, -0.15) is 0 Å². The predicted molar refractivity (Wildman–Crippen MR) is 112 cm³/mol. The number of benzene rings is 2. The number of nitrogens with zero attached hydrogens (tertiary/aromatic N) is 2. The van der Waals surface area contributed by atoms with E-state index in [-0.39, 0.29) is 18.2 Å². The highest BCUT2D eigenvalue weighted by atomic mass is 16.2. The molecule has 0 spiro atoms. The Labute approximate surface area is 162 Å². The third-order valence-electron chi connectivity index (χ3n) is 4.73. The summed E-state index contributed by atoms with van der Waals surface area (Å²) < 4.78 is 0. The Balaban J connectivity index is 2.10. The molecule has 0 bridgehead atoms. The maximum atomic E-state index is 12.8. The van der Waals surface area contributed by atoms with Crippen molar-refractivity contribution >= 4 is 23.2 Å². The second-order valence-electron chi connectivity index (χ2n) is 7.14. The van der Waals surface area contributed by atoms with Crippen molar-refractivity contribution in [3.63, 3.8) is 0 Å². The van der Waals surface area contributed by atoms with E-state index in [1.54, 1.807) is 16.7 Å². The summed E-state index contributed by atoms with van der Waals surface area (Å²) in [5, 5.41) is 0. The van der Waals surface area contributed by atoms with Gasteiger partial charge >= 0.3 is 0 Å². The molecule has 0 saturated carbocycles. The fraction of sp³-hybridized carbons (Fsp3) is 0.391. The molecule has 4 nitrogen and oxygen atoms in total. The first kappa shape index (κ1) is 20.7. The van der Waals surface area contributed by atoms with Gasteiger partial charge in [-0.1, -0.05) is 38.1 Å². The fourth-order valence-corrected chi connectivity index (χ4v) is 3.15. The molecule has 0 heterocycles. The van der Waals surface area contributed by atoms with Crippen molar-refractivity contribution in [3.05, 3.63) is 59.7 Å². The molecule has 0 aliphatic carbocycles. The number of carbonyl (C=O) groups is 2. The van der Waals surface area contributed by atoms with Crippen LogP contribution in [0.4, 0.5) is 11.4 Å². The zero-order valence-electron chi connectivity index (χ0n) is 17.0. The number of carbonyl (C=O) groups excluding carboxylic acids is 2. The fourth-order valence-electron chi connectivity index (χ4n) is 3.15. The van der Waals surface area contributed by atoms with E-state index >= 15 is 0 Å². The molecular formula is C23H30N2O2. The number of aryl methyl sites for hydroxylation is 1. The highest BCUT2D eigenvalue weighted by Gasteiger charge is 2.18. The molecule has 0 aliphatic heterocycles. The van der Waals surface area contributed by atoms with Crippen LogP contribution in [0.15, 0.2) is 48.5 Å². The van der Waals surface area contributed by atoms with Crippen molar-refractivity contribution in [2.75, 3.05) is 22.9 Å². The normalized spacial score (nSPS) is 10.7. The molecule has 27 heavy (non-hydrogen) atoms. The number of anilines is 2. The molecule has 0 radical (unpaired) electrons. The van der Waals surface area contributed by atoms with Crippen LogP contribution >= 0.6 is 0 Å². The number of hydrogen-bond donors (Lipinski definition) is 0. The van der Waals surface area contributed by atoms with Gasteiger partial charge in [0.1, 0.15) is 0 Å². The van der Waals surface area contributed by atoms with Crippen LogP contribution in [0.3, 0.4) is 0 Å². The average molecular weight is 367 g/mol. The Bertz CT molecular complexity index is 781. The molecule has 4 heteroatoms. The van der Waals surface area contributed by atoms with E-state index in [1.165, 1.54) is 5.56 Å². The van der Waals surface area contributed by atoms with E-state index < -0.39 is 0 Å². The Morgan fingerprint density at radius 3 is 2.15 bits per heavy atom. The summed E-state index contributed by atoms with van der Waals surface area (Å²) in [5.41, 5.74) is 4.08. The van der Waals surface area contributed by atoms with Crippen molar-refractivity contribution in [1.82, 2.24) is 0 Å². The van der Waals surface area contributed by atoms with Crippen LogP contribution in [0.2, 0.25) is 0 Å². The van der Waals surface area contributed by atoms with E-state index in [1.807, 2.05) is 62.4 Å². The molecule has 2 aromatic carbocycles. The van der Waals surface area contributed by atoms with Crippen LogP contribution < -0.4 is 9.80 Å². The molecular weight excluding hydrogens is 336 g/mol. The highest BCUT2D eigenvalue weighted by Crippen LogP contribution is 2.21. The van der Waals surface area contributed by atoms with E-state index in [0.29, 0.717) is 19.0 Å². The second-order valence-corrected chi connectivity index (χ2v) is 7.14. The van der Waals surface area contributed by atoms with Gasteiger partial charge in [0.05, 0.1) is 0 Å². The topological polar surface area (TPSA) is 40.6 Å². The van der Waals surface area contributed by atoms with Gasteiger partial charge in [-0.15, -0.1) is 0 Å². The summed E-state index contributed by atoms with van der Waals surface area (Å²) in [6, 6.07) is 15.9. The SMILES string of the molecule is CCN(C(=O)CCN(C(C)=O)c1ccc(C(C)C)cc1)c1cccc(C)c1. The summed E-state index contributed by atoms with van der Waals surface area (Å²) in [7, 11) is 0. The lowest BCUT2D eigenvalue weighted by Gasteiger charge is -2.25. The van der Waals surface area contributed by atoms with Crippen LogP contribution in [-0.2, 0) is 9.59 Å². The van der Waals surface area contributed by atoms with Crippen LogP contribution in [-0.4, -0.2) is 24.9 Å². The number of rotatable bonds is 7. The molecule has 0 atom stereocenters. The summed E-state index contributed by atoms with van der Waals surface area (Å²) >= 11 is 0. The molecule has 2 rings (SSSR count). The van der Waals surface area contributed by atoms with Gasteiger partial charge in [-0.05, 0) is 55.2 Å². The zero-order chi connectivity index (χ0) is 20.0. The average Bonchev–Trinajstić information content (AvgIpc) is 2.62. The lowest BCUT2D eigenvalue weighted by Crippen LogP contribution is -2.36. The van der Waals surface area contributed by atoms with Gasteiger partial charge in [-0.3, -0.25) is 9.59 Å². The molecule has 2 aromatic rings. The smallest absolute Gasteiger partial charge is 0.228 e. The summed E-state index contributed by atoms with van der Waals surface area (Å²) in [6.07, 6.45) is 0.285. The molecule has 0 unspecified atom stereocenters. The summed E-state index contributed by atoms with van der Waals surface area (Å²) in [5.74, 6) is 0.408. The van der Waals surface area contributed by atoms with Gasteiger partial charge in [0, 0.05) is 37.8 Å². The van der Waals surface area contributed by atoms with Crippen molar-refractivity contribution in [3.8, 4) is 0 Å². The van der Waals surface area contributed by atoms with Crippen LogP contribution in [0, 0.1) is 6.92 Å². The molecule has 0 aromatic heterocycles. The van der Waals surface area contributed by atoms with Crippen molar-refractivity contribution in [2.45, 2.75) is 47.0 Å². The minimum atomic E-state index is -0.0568. The molecule has 0 N–H and O–H groups in total. The van der Waals surface area contributed by atoms with Gasteiger partial charge in [0.25, 0.3) is 0 Å². The molecule has 0 fully saturated rings. The monoisotopic (exact) mass is 366 g/mol. The van der Waals surface area contributed by atoms with Gasteiger partial charge < -0.3 is 9.80 Å². The van der Waals surface area contributed by atoms with E-state index in [9.17, 15) is 9.59 Å². The second kappa shape index (κ2) is 9.36. The molecule has 0 aliphatic rings. The lowest BCUT2D eigenvalue weighted by molar-refractivity contribution is -0.118. The molecule has 144 valence electrons. The van der Waals surface area contributed by atoms with Crippen molar-refractivity contribution in [2.24, 2.45) is 0 Å². The standard InChI is InChI=1S/C23H30N2O2/c1-6-24(22-9-7-8-18(4)16-22)23(27)14-15-25(19(5)26)21-12-10-20(11-13-21)17(2)3/h7-13,16-17H,6,14-15H2,1-5H3. The van der Waals surface area contributed by atoms with Crippen LogP contribution in [0.5, 0.6) is 0 Å². The lowest BCUT2D eigenvalue weighted by atomic mass is 10.0. The molecule has 2 amide bonds. The predicted octanol–water partition coefficient (Wildman–Crippen LogP) is 4.91.